The molecule has 1 aromatic rings. The Hall–Kier alpha value is -0.963. The summed E-state index contributed by atoms with van der Waals surface area (Å²) in [6.07, 6.45) is 2.45. The van der Waals surface area contributed by atoms with Crippen LogP contribution in [0.15, 0.2) is 24.3 Å². The number of rotatable bonds is 6. The van der Waals surface area contributed by atoms with Gasteiger partial charge < -0.3 is 9.16 Å². The number of unbranched alkanes of at least 4 members (excludes halogenated alkanes) is 1. The highest BCUT2D eigenvalue weighted by molar-refractivity contribution is 6.28. The van der Waals surface area contributed by atoms with Crippen molar-refractivity contribution in [2.24, 2.45) is 0 Å². The molecule has 0 aliphatic rings. The SMILES string of the molecule is CCCC[Si]Oc1ccccc1OC. The fourth-order valence-corrected chi connectivity index (χ4v) is 2.00. The van der Waals surface area contributed by atoms with Crippen LogP contribution in [0.1, 0.15) is 19.8 Å². The van der Waals surface area contributed by atoms with Crippen molar-refractivity contribution in [2.75, 3.05) is 7.11 Å². The highest BCUT2D eigenvalue weighted by atomic mass is 28.2. The maximum absolute atomic E-state index is 5.63. The summed E-state index contributed by atoms with van der Waals surface area (Å²) in [7, 11) is 2.20. The molecule has 0 saturated carbocycles. The van der Waals surface area contributed by atoms with Gasteiger partial charge in [-0.2, -0.15) is 0 Å². The maximum atomic E-state index is 5.63. The maximum Gasteiger partial charge on any atom is 0.310 e. The van der Waals surface area contributed by atoms with Crippen LogP contribution < -0.4 is 9.16 Å². The summed E-state index contributed by atoms with van der Waals surface area (Å²) in [5, 5.41) is 0. The van der Waals surface area contributed by atoms with E-state index in [4.69, 9.17) is 9.16 Å². The van der Waals surface area contributed by atoms with Crippen LogP contribution in [0.2, 0.25) is 6.04 Å². The second kappa shape index (κ2) is 6.48. The molecule has 0 N–H and O–H groups in total. The Kier molecular flexibility index (Phi) is 5.15. The first-order valence-electron chi connectivity index (χ1n) is 4.91. The van der Waals surface area contributed by atoms with Crippen LogP contribution in [-0.4, -0.2) is 16.9 Å². The van der Waals surface area contributed by atoms with E-state index >= 15 is 0 Å². The van der Waals surface area contributed by atoms with E-state index < -0.39 is 0 Å². The molecule has 3 heteroatoms. The van der Waals surface area contributed by atoms with Crippen LogP contribution in [0.3, 0.4) is 0 Å². The number of benzene rings is 1. The van der Waals surface area contributed by atoms with E-state index in [-0.39, 0.29) is 0 Å². The average molecular weight is 208 g/mol. The van der Waals surface area contributed by atoms with Crippen LogP contribution in [0.25, 0.3) is 0 Å². The predicted octanol–water partition coefficient (Wildman–Crippen LogP) is 2.91. The Balaban J connectivity index is 2.41. The van der Waals surface area contributed by atoms with Crippen LogP contribution >= 0.6 is 0 Å². The zero-order valence-electron chi connectivity index (χ0n) is 8.75. The molecule has 2 radical (unpaired) electrons. The van der Waals surface area contributed by atoms with E-state index in [9.17, 15) is 0 Å². The fraction of sp³-hybridized carbons (Fsp3) is 0.455. The Morgan fingerprint density at radius 1 is 1.21 bits per heavy atom. The third kappa shape index (κ3) is 3.42. The molecule has 0 aliphatic heterocycles. The third-order valence-electron chi connectivity index (χ3n) is 1.88. The number of hydrogen-bond acceptors (Lipinski definition) is 2. The fourth-order valence-electron chi connectivity index (χ4n) is 1.08. The molecule has 0 saturated heterocycles. The van der Waals surface area contributed by atoms with E-state index in [1.54, 1.807) is 7.11 Å². The van der Waals surface area contributed by atoms with E-state index in [0.29, 0.717) is 9.76 Å². The highest BCUT2D eigenvalue weighted by Gasteiger charge is 2.02. The molecule has 76 valence electrons. The van der Waals surface area contributed by atoms with Crippen molar-refractivity contribution in [2.45, 2.75) is 25.8 Å². The summed E-state index contributed by atoms with van der Waals surface area (Å²) in [5.74, 6) is 1.67. The molecular weight excluding hydrogens is 192 g/mol. The van der Waals surface area contributed by atoms with Gasteiger partial charge in [-0.25, -0.2) is 0 Å². The van der Waals surface area contributed by atoms with Gasteiger partial charge in [0.15, 0.2) is 5.75 Å². The minimum Gasteiger partial charge on any atom is -0.538 e. The lowest BCUT2D eigenvalue weighted by Crippen LogP contribution is -2.02. The molecule has 0 atom stereocenters. The van der Waals surface area contributed by atoms with Crippen LogP contribution in [-0.2, 0) is 0 Å². The summed E-state index contributed by atoms with van der Waals surface area (Å²) >= 11 is 0. The van der Waals surface area contributed by atoms with Gasteiger partial charge in [-0.1, -0.05) is 31.9 Å². The van der Waals surface area contributed by atoms with Gasteiger partial charge in [-0.15, -0.1) is 0 Å². The highest BCUT2D eigenvalue weighted by Crippen LogP contribution is 2.25. The Bertz CT molecular complexity index is 263. The molecule has 0 aliphatic carbocycles. The number of hydrogen-bond donors (Lipinski definition) is 0. The summed E-state index contributed by atoms with van der Waals surface area (Å²) in [4.78, 5) is 0. The standard InChI is InChI=1S/C11H16O2Si/c1-3-4-9-14-13-11-8-6-5-7-10(11)12-2/h5-8H,3-4,9H2,1-2H3. The van der Waals surface area contributed by atoms with Crippen LogP contribution in [0.4, 0.5) is 0 Å². The van der Waals surface area contributed by atoms with Crippen molar-refractivity contribution in [3.8, 4) is 11.5 Å². The van der Waals surface area contributed by atoms with Crippen LogP contribution in [0, 0.1) is 0 Å². The first-order valence-corrected chi connectivity index (χ1v) is 6.02. The summed E-state index contributed by atoms with van der Waals surface area (Å²) in [6.45, 7) is 2.19. The molecule has 0 unspecified atom stereocenters. The minimum atomic E-state index is 0.536. The van der Waals surface area contributed by atoms with Gasteiger partial charge in [0.05, 0.1) is 7.11 Å². The lowest BCUT2D eigenvalue weighted by Gasteiger charge is -2.08. The van der Waals surface area contributed by atoms with Crippen molar-refractivity contribution < 1.29 is 9.16 Å². The monoisotopic (exact) mass is 208 g/mol. The molecule has 0 heterocycles. The minimum absolute atomic E-state index is 0.536. The first-order chi connectivity index (χ1) is 6.88. The molecule has 0 bridgehead atoms. The molecule has 0 aromatic heterocycles. The van der Waals surface area contributed by atoms with Crippen molar-refractivity contribution in [3.63, 3.8) is 0 Å². The van der Waals surface area contributed by atoms with Gasteiger partial charge in [-0.3, -0.25) is 0 Å². The Morgan fingerprint density at radius 3 is 2.57 bits per heavy atom. The number of para-hydroxylation sites is 2. The topological polar surface area (TPSA) is 18.5 Å². The molecule has 0 amide bonds. The second-order valence-electron chi connectivity index (χ2n) is 3.00. The van der Waals surface area contributed by atoms with Crippen molar-refractivity contribution >= 4 is 9.76 Å². The average Bonchev–Trinajstić information content (AvgIpc) is 2.25. The van der Waals surface area contributed by atoms with E-state index in [1.165, 1.54) is 12.8 Å². The summed E-state index contributed by atoms with van der Waals surface area (Å²) in [6, 6.07) is 8.90. The zero-order valence-corrected chi connectivity index (χ0v) is 9.75. The Morgan fingerprint density at radius 2 is 1.93 bits per heavy atom. The molecule has 1 rings (SSSR count). The quantitative estimate of drug-likeness (QED) is 0.528. The Labute approximate surface area is 88.2 Å². The van der Waals surface area contributed by atoms with Gasteiger partial charge in [-0.05, 0) is 18.2 Å². The summed E-state index contributed by atoms with van der Waals surface area (Å²) in [5.41, 5.74) is 0. The molecule has 14 heavy (non-hydrogen) atoms. The molecule has 0 fully saturated rings. The van der Waals surface area contributed by atoms with Crippen molar-refractivity contribution in [1.82, 2.24) is 0 Å². The number of ether oxygens (including phenoxy) is 1. The largest absolute Gasteiger partial charge is 0.538 e. The van der Waals surface area contributed by atoms with E-state index in [1.807, 2.05) is 24.3 Å². The van der Waals surface area contributed by atoms with Gasteiger partial charge in [0, 0.05) is 0 Å². The number of methoxy groups -OCH3 is 1. The van der Waals surface area contributed by atoms with E-state index in [0.717, 1.165) is 17.5 Å². The van der Waals surface area contributed by atoms with Gasteiger partial charge in [0.25, 0.3) is 0 Å². The molecular formula is C11H16O2Si. The van der Waals surface area contributed by atoms with Crippen LogP contribution in [0.5, 0.6) is 11.5 Å². The van der Waals surface area contributed by atoms with Gasteiger partial charge in [0.2, 0.25) is 0 Å². The van der Waals surface area contributed by atoms with Gasteiger partial charge in [0.1, 0.15) is 5.75 Å². The summed E-state index contributed by atoms with van der Waals surface area (Å²) < 4.78 is 10.8. The van der Waals surface area contributed by atoms with Crippen molar-refractivity contribution in [1.29, 1.82) is 0 Å². The molecule has 1 aromatic carbocycles. The lowest BCUT2D eigenvalue weighted by atomic mass is 10.3. The normalized spacial score (nSPS) is 9.86. The zero-order chi connectivity index (χ0) is 10.2. The van der Waals surface area contributed by atoms with E-state index in [2.05, 4.69) is 6.92 Å². The second-order valence-corrected chi connectivity index (χ2v) is 3.99. The van der Waals surface area contributed by atoms with Crippen molar-refractivity contribution in [3.05, 3.63) is 24.3 Å². The molecule has 0 spiro atoms. The van der Waals surface area contributed by atoms with Gasteiger partial charge >= 0.3 is 9.76 Å². The first kappa shape index (κ1) is 11.1. The smallest absolute Gasteiger partial charge is 0.310 e. The lowest BCUT2D eigenvalue weighted by molar-refractivity contribution is 0.395. The predicted molar refractivity (Wildman–Crippen MR) is 59.1 cm³/mol. The molecule has 2 nitrogen and oxygen atoms in total. The third-order valence-corrected chi connectivity index (χ3v) is 2.81.